The number of nitrogens with zero attached hydrogens (tertiary/aromatic N) is 1. The number of hydrogen-bond donors (Lipinski definition) is 1. The SMILES string of the molecule is CN(CCCCCCC1=C(c2ccccc2)CCCc2cc(O)ccc21)CCCS(=O)(=O)CCC(F)(F)F. The Hall–Kier alpha value is -2.32. The summed E-state index contributed by atoms with van der Waals surface area (Å²) in [5, 5.41) is 10.0. The maximum Gasteiger partial charge on any atom is 0.390 e. The Morgan fingerprint density at radius 2 is 1.61 bits per heavy atom. The maximum atomic E-state index is 12.3. The highest BCUT2D eigenvalue weighted by Crippen LogP contribution is 2.39. The zero-order valence-corrected chi connectivity index (χ0v) is 23.1. The third-order valence-corrected chi connectivity index (χ3v) is 8.92. The van der Waals surface area contributed by atoms with Gasteiger partial charge in [-0.05, 0) is 105 Å². The summed E-state index contributed by atoms with van der Waals surface area (Å²) < 4.78 is 60.5. The molecule has 0 heterocycles. The number of benzene rings is 2. The first-order valence-corrected chi connectivity index (χ1v) is 15.4. The molecule has 3 rings (SSSR count). The second kappa shape index (κ2) is 14.2. The van der Waals surface area contributed by atoms with Crippen molar-refractivity contribution in [2.24, 2.45) is 0 Å². The Balaban J connectivity index is 1.46. The first-order chi connectivity index (χ1) is 18.0. The summed E-state index contributed by atoms with van der Waals surface area (Å²) in [5.74, 6) is -0.714. The number of alkyl halides is 3. The number of aromatic hydroxyl groups is 1. The minimum absolute atomic E-state index is 0.203. The van der Waals surface area contributed by atoms with Gasteiger partial charge in [0.25, 0.3) is 0 Å². The van der Waals surface area contributed by atoms with Crippen molar-refractivity contribution < 1.29 is 26.7 Å². The van der Waals surface area contributed by atoms with E-state index in [-0.39, 0.29) is 5.75 Å². The number of rotatable bonds is 14. The van der Waals surface area contributed by atoms with E-state index >= 15 is 0 Å². The number of fused-ring (bicyclic) bond motifs is 1. The van der Waals surface area contributed by atoms with Crippen LogP contribution in [0.2, 0.25) is 0 Å². The second-order valence-electron chi connectivity index (χ2n) is 10.4. The van der Waals surface area contributed by atoms with Crippen molar-refractivity contribution >= 4 is 21.0 Å². The Kier molecular flexibility index (Phi) is 11.3. The van der Waals surface area contributed by atoms with Gasteiger partial charge in [0.05, 0.1) is 17.9 Å². The molecule has 0 aromatic heterocycles. The van der Waals surface area contributed by atoms with E-state index in [0.717, 1.165) is 57.9 Å². The van der Waals surface area contributed by atoms with Crippen LogP contribution in [0, 0.1) is 0 Å². The zero-order chi connectivity index (χ0) is 27.6. The van der Waals surface area contributed by atoms with Gasteiger partial charge in [0.2, 0.25) is 0 Å². The fourth-order valence-electron chi connectivity index (χ4n) is 5.17. The summed E-state index contributed by atoms with van der Waals surface area (Å²) in [4.78, 5) is 2.06. The molecule has 8 heteroatoms. The molecule has 2 aromatic rings. The predicted molar refractivity (Wildman–Crippen MR) is 149 cm³/mol. The lowest BCUT2D eigenvalue weighted by Crippen LogP contribution is -2.24. The Bertz CT molecular complexity index is 1160. The van der Waals surface area contributed by atoms with Crippen molar-refractivity contribution in [2.75, 3.05) is 31.6 Å². The zero-order valence-electron chi connectivity index (χ0n) is 22.3. The Labute approximate surface area is 225 Å². The van der Waals surface area contributed by atoms with Gasteiger partial charge in [0.1, 0.15) is 5.75 Å². The van der Waals surface area contributed by atoms with E-state index in [1.165, 1.54) is 27.8 Å². The summed E-state index contributed by atoms with van der Waals surface area (Å²) in [7, 11) is -1.74. The molecule has 0 saturated carbocycles. The van der Waals surface area contributed by atoms with Crippen molar-refractivity contribution in [1.82, 2.24) is 4.90 Å². The van der Waals surface area contributed by atoms with E-state index in [1.54, 1.807) is 6.07 Å². The van der Waals surface area contributed by atoms with Gasteiger partial charge in [-0.2, -0.15) is 13.2 Å². The van der Waals surface area contributed by atoms with Crippen molar-refractivity contribution in [3.8, 4) is 5.75 Å². The van der Waals surface area contributed by atoms with Gasteiger partial charge in [0.15, 0.2) is 9.84 Å². The molecule has 0 radical (unpaired) electrons. The van der Waals surface area contributed by atoms with Gasteiger partial charge >= 0.3 is 6.18 Å². The molecule has 0 fully saturated rings. The largest absolute Gasteiger partial charge is 0.508 e. The number of hydrogen-bond acceptors (Lipinski definition) is 4. The maximum absolute atomic E-state index is 12.3. The Morgan fingerprint density at radius 3 is 2.34 bits per heavy atom. The van der Waals surface area contributed by atoms with Gasteiger partial charge in [-0.25, -0.2) is 8.42 Å². The van der Waals surface area contributed by atoms with Crippen LogP contribution in [0.15, 0.2) is 48.5 Å². The smallest absolute Gasteiger partial charge is 0.390 e. The van der Waals surface area contributed by atoms with E-state index in [2.05, 4.69) is 35.2 Å². The number of phenols is 1. The Morgan fingerprint density at radius 1 is 0.895 bits per heavy atom. The summed E-state index contributed by atoms with van der Waals surface area (Å²) in [6, 6.07) is 16.3. The molecule has 4 nitrogen and oxygen atoms in total. The summed E-state index contributed by atoms with van der Waals surface area (Å²) in [5.41, 5.74) is 6.52. The average molecular weight is 552 g/mol. The van der Waals surface area contributed by atoms with E-state index in [0.29, 0.717) is 18.7 Å². The van der Waals surface area contributed by atoms with Crippen LogP contribution in [0.5, 0.6) is 5.75 Å². The highest BCUT2D eigenvalue weighted by Gasteiger charge is 2.29. The van der Waals surface area contributed by atoms with Crippen LogP contribution in [0.1, 0.15) is 74.5 Å². The quantitative estimate of drug-likeness (QED) is 0.251. The van der Waals surface area contributed by atoms with Crippen LogP contribution < -0.4 is 0 Å². The summed E-state index contributed by atoms with van der Waals surface area (Å²) >= 11 is 0. The van der Waals surface area contributed by atoms with Crippen LogP contribution in [0.3, 0.4) is 0 Å². The molecule has 1 aliphatic carbocycles. The van der Waals surface area contributed by atoms with Crippen LogP contribution in [0.25, 0.3) is 11.1 Å². The lowest BCUT2D eigenvalue weighted by molar-refractivity contribution is -0.129. The van der Waals surface area contributed by atoms with Gasteiger partial charge in [-0.15, -0.1) is 0 Å². The molecular weight excluding hydrogens is 511 g/mol. The second-order valence-corrected chi connectivity index (χ2v) is 12.7. The summed E-state index contributed by atoms with van der Waals surface area (Å²) in [6.45, 7) is 1.39. The van der Waals surface area contributed by atoms with Crippen molar-refractivity contribution in [3.63, 3.8) is 0 Å². The molecule has 1 N–H and O–H groups in total. The minimum atomic E-state index is -4.44. The third kappa shape index (κ3) is 10.1. The van der Waals surface area contributed by atoms with Crippen molar-refractivity contribution in [3.05, 3.63) is 65.2 Å². The first kappa shape index (κ1) is 30.2. The lowest BCUT2D eigenvalue weighted by atomic mass is 9.89. The van der Waals surface area contributed by atoms with E-state index in [4.69, 9.17) is 0 Å². The molecule has 0 bridgehead atoms. The van der Waals surface area contributed by atoms with E-state index in [9.17, 15) is 26.7 Å². The first-order valence-electron chi connectivity index (χ1n) is 13.6. The van der Waals surface area contributed by atoms with Crippen molar-refractivity contribution in [2.45, 2.75) is 70.4 Å². The third-order valence-electron chi connectivity index (χ3n) is 7.18. The van der Waals surface area contributed by atoms with Crippen LogP contribution in [-0.4, -0.2) is 56.2 Å². The van der Waals surface area contributed by atoms with Crippen molar-refractivity contribution in [1.29, 1.82) is 0 Å². The van der Waals surface area contributed by atoms with Gasteiger partial charge in [0, 0.05) is 0 Å². The van der Waals surface area contributed by atoms with Gasteiger partial charge in [-0.1, -0.05) is 49.2 Å². The fraction of sp³-hybridized carbons (Fsp3) is 0.533. The molecule has 0 unspecified atom stereocenters. The number of phenolic OH excluding ortho intramolecular Hbond substituents is 1. The molecule has 2 aromatic carbocycles. The molecule has 0 saturated heterocycles. The van der Waals surface area contributed by atoms with Gasteiger partial charge < -0.3 is 10.0 Å². The number of allylic oxidation sites excluding steroid dienone is 2. The van der Waals surface area contributed by atoms with E-state index < -0.39 is 28.2 Å². The predicted octanol–water partition coefficient (Wildman–Crippen LogP) is 7.28. The van der Waals surface area contributed by atoms with Gasteiger partial charge in [-0.3, -0.25) is 0 Å². The number of unbranched alkanes of at least 4 members (excludes halogenated alkanes) is 3. The average Bonchev–Trinajstić information content (AvgIpc) is 3.04. The standard InChI is InChI=1S/C30H40F3NO3S/c1-34(20-10-21-38(36,37)22-18-30(31,32)33)19-8-3-2-7-14-29-27(24-11-5-4-6-12-24)15-9-13-25-23-26(35)16-17-28(25)29/h4-6,11-12,16-17,23,35H,2-3,7-10,13-15,18-22H2,1H3. The molecule has 0 spiro atoms. The molecule has 0 atom stereocenters. The van der Waals surface area contributed by atoms with Crippen LogP contribution in [-0.2, 0) is 16.3 Å². The lowest BCUT2D eigenvalue weighted by Gasteiger charge is -2.17. The monoisotopic (exact) mass is 551 g/mol. The molecule has 0 aliphatic heterocycles. The molecule has 1 aliphatic rings. The highest BCUT2D eigenvalue weighted by molar-refractivity contribution is 7.91. The number of sulfone groups is 1. The topological polar surface area (TPSA) is 57.6 Å². The fourth-order valence-corrected chi connectivity index (χ4v) is 6.49. The number of halogens is 3. The highest BCUT2D eigenvalue weighted by atomic mass is 32.2. The van der Waals surface area contributed by atoms with Crippen LogP contribution >= 0.6 is 0 Å². The van der Waals surface area contributed by atoms with E-state index in [1.807, 2.05) is 19.2 Å². The molecular formula is C30H40F3NO3S. The van der Waals surface area contributed by atoms with Crippen LogP contribution in [0.4, 0.5) is 13.2 Å². The molecule has 38 heavy (non-hydrogen) atoms. The number of aryl methyl sites for hydroxylation is 1. The molecule has 0 amide bonds. The summed E-state index contributed by atoms with van der Waals surface area (Å²) in [6.07, 6.45) is 2.85. The minimum Gasteiger partial charge on any atom is -0.508 e. The normalized spacial score (nSPS) is 14.6. The molecule has 210 valence electrons.